The summed E-state index contributed by atoms with van der Waals surface area (Å²) in [6.07, 6.45) is 6.12. The zero-order valence-corrected chi connectivity index (χ0v) is 16.4. The lowest BCUT2D eigenvalue weighted by Gasteiger charge is -2.33. The summed E-state index contributed by atoms with van der Waals surface area (Å²) in [5.74, 6) is 1.54. The van der Waals surface area contributed by atoms with Gasteiger partial charge in [0.15, 0.2) is 0 Å². The predicted octanol–water partition coefficient (Wildman–Crippen LogP) is 3.02. The van der Waals surface area contributed by atoms with Crippen molar-refractivity contribution < 1.29 is 14.3 Å². The Morgan fingerprint density at radius 3 is 2.44 bits per heavy atom. The Morgan fingerprint density at radius 2 is 1.81 bits per heavy atom. The van der Waals surface area contributed by atoms with E-state index in [4.69, 9.17) is 4.74 Å². The maximum atomic E-state index is 12.4. The van der Waals surface area contributed by atoms with Gasteiger partial charge in [-0.2, -0.15) is 0 Å². The largest absolute Gasteiger partial charge is 0.497 e. The van der Waals surface area contributed by atoms with E-state index in [-0.39, 0.29) is 18.0 Å². The molecular weight excluding hydrogens is 342 g/mol. The number of carbonyl (C=O) groups is 2. The summed E-state index contributed by atoms with van der Waals surface area (Å²) in [6.45, 7) is 4.35. The van der Waals surface area contributed by atoms with E-state index in [9.17, 15) is 9.59 Å². The van der Waals surface area contributed by atoms with Crippen molar-refractivity contribution in [3.05, 3.63) is 29.8 Å². The first-order chi connectivity index (χ1) is 13.1. The lowest BCUT2D eigenvalue weighted by atomic mass is 9.90. The molecule has 1 N–H and O–H groups in total. The maximum absolute atomic E-state index is 12.4. The monoisotopic (exact) mass is 373 g/mol. The van der Waals surface area contributed by atoms with Gasteiger partial charge in [0.1, 0.15) is 11.8 Å². The first-order valence-electron chi connectivity index (χ1n) is 10.1. The van der Waals surface area contributed by atoms with Crippen LogP contribution in [0.1, 0.15) is 44.6 Å². The van der Waals surface area contributed by atoms with Gasteiger partial charge in [0.05, 0.1) is 13.8 Å². The number of imide groups is 1. The first-order valence-corrected chi connectivity index (χ1v) is 10.1. The minimum absolute atomic E-state index is 0.0662. The van der Waals surface area contributed by atoms with E-state index in [1.165, 1.54) is 16.9 Å². The number of amides is 3. The number of piperidine rings is 1. The SMILES string of the molecule is CCCC1NC(=O)N(CN2CCC(CCc3ccc(OC)cc3)CC2)C1=O. The molecular formula is C21H31N3O3. The van der Waals surface area contributed by atoms with E-state index in [0.29, 0.717) is 19.0 Å². The van der Waals surface area contributed by atoms with Crippen LogP contribution in [-0.2, 0) is 11.2 Å². The van der Waals surface area contributed by atoms with Gasteiger partial charge in [-0.3, -0.25) is 9.69 Å². The third-order valence-electron chi connectivity index (χ3n) is 5.73. The van der Waals surface area contributed by atoms with Crippen molar-refractivity contribution in [3.63, 3.8) is 0 Å². The molecule has 1 aromatic carbocycles. The van der Waals surface area contributed by atoms with Gasteiger partial charge >= 0.3 is 6.03 Å². The topological polar surface area (TPSA) is 61.9 Å². The molecule has 2 aliphatic heterocycles. The van der Waals surface area contributed by atoms with Crippen LogP contribution in [0.5, 0.6) is 5.75 Å². The standard InChI is InChI=1S/C21H31N3O3/c1-3-4-19-20(25)24(21(26)22-19)15-23-13-11-17(12-14-23)6-5-16-7-9-18(27-2)10-8-16/h7-10,17,19H,3-6,11-15H2,1-2H3,(H,22,26). The van der Waals surface area contributed by atoms with Crippen LogP contribution in [0, 0.1) is 5.92 Å². The highest BCUT2D eigenvalue weighted by Gasteiger charge is 2.38. The Labute approximate surface area is 161 Å². The van der Waals surface area contributed by atoms with Crippen molar-refractivity contribution in [2.45, 2.75) is 51.5 Å². The lowest BCUT2D eigenvalue weighted by molar-refractivity contribution is -0.129. The number of rotatable bonds is 8. The summed E-state index contributed by atoms with van der Waals surface area (Å²) >= 11 is 0. The van der Waals surface area contributed by atoms with Crippen LogP contribution >= 0.6 is 0 Å². The summed E-state index contributed by atoms with van der Waals surface area (Å²) in [7, 11) is 1.69. The van der Waals surface area contributed by atoms with E-state index in [0.717, 1.165) is 44.5 Å². The van der Waals surface area contributed by atoms with Gasteiger partial charge in [0.2, 0.25) is 0 Å². The van der Waals surface area contributed by atoms with Gasteiger partial charge in [0.25, 0.3) is 5.91 Å². The number of hydrogen-bond acceptors (Lipinski definition) is 4. The van der Waals surface area contributed by atoms with Crippen molar-refractivity contribution in [2.75, 3.05) is 26.9 Å². The van der Waals surface area contributed by atoms with E-state index < -0.39 is 0 Å². The number of methoxy groups -OCH3 is 1. The Morgan fingerprint density at radius 1 is 1.11 bits per heavy atom. The number of aryl methyl sites for hydroxylation is 1. The number of benzene rings is 1. The number of urea groups is 1. The number of nitrogens with one attached hydrogen (secondary N) is 1. The summed E-state index contributed by atoms with van der Waals surface area (Å²) in [5.41, 5.74) is 1.35. The second-order valence-electron chi connectivity index (χ2n) is 7.65. The van der Waals surface area contributed by atoms with E-state index in [1.807, 2.05) is 19.1 Å². The molecule has 148 valence electrons. The summed E-state index contributed by atoms with van der Waals surface area (Å²) in [5, 5.41) is 2.80. The molecule has 0 spiro atoms. The van der Waals surface area contributed by atoms with E-state index in [1.54, 1.807) is 7.11 Å². The fourth-order valence-corrected chi connectivity index (χ4v) is 3.97. The number of carbonyl (C=O) groups excluding carboxylic acids is 2. The number of ether oxygens (including phenoxy) is 1. The van der Waals surface area contributed by atoms with Crippen LogP contribution in [0.4, 0.5) is 4.79 Å². The third-order valence-corrected chi connectivity index (χ3v) is 5.73. The van der Waals surface area contributed by atoms with Crippen LogP contribution in [0.15, 0.2) is 24.3 Å². The number of hydrogen-bond donors (Lipinski definition) is 1. The summed E-state index contributed by atoms with van der Waals surface area (Å²) in [6, 6.07) is 7.74. The molecule has 0 saturated carbocycles. The molecule has 3 rings (SSSR count). The van der Waals surface area contributed by atoms with Gasteiger partial charge in [-0.15, -0.1) is 0 Å². The number of likely N-dealkylation sites (tertiary alicyclic amines) is 1. The summed E-state index contributed by atoms with van der Waals surface area (Å²) in [4.78, 5) is 28.0. The highest BCUT2D eigenvalue weighted by atomic mass is 16.5. The van der Waals surface area contributed by atoms with Crippen LogP contribution in [0.25, 0.3) is 0 Å². The van der Waals surface area contributed by atoms with Crippen molar-refractivity contribution in [1.82, 2.24) is 15.1 Å². The van der Waals surface area contributed by atoms with Crippen molar-refractivity contribution in [1.29, 1.82) is 0 Å². The van der Waals surface area contributed by atoms with Crippen LogP contribution in [0.2, 0.25) is 0 Å². The lowest BCUT2D eigenvalue weighted by Crippen LogP contribution is -2.45. The zero-order chi connectivity index (χ0) is 19.2. The average Bonchev–Trinajstić information content (AvgIpc) is 2.95. The molecule has 2 saturated heterocycles. The fourth-order valence-electron chi connectivity index (χ4n) is 3.97. The molecule has 27 heavy (non-hydrogen) atoms. The molecule has 1 unspecified atom stereocenters. The minimum atomic E-state index is -0.329. The van der Waals surface area contributed by atoms with Crippen molar-refractivity contribution in [3.8, 4) is 5.75 Å². The Balaban J connectivity index is 1.41. The van der Waals surface area contributed by atoms with Crippen LogP contribution < -0.4 is 10.1 Å². The van der Waals surface area contributed by atoms with Gasteiger partial charge in [0, 0.05) is 13.1 Å². The summed E-state index contributed by atoms with van der Waals surface area (Å²) < 4.78 is 5.20. The molecule has 0 aliphatic carbocycles. The molecule has 6 nitrogen and oxygen atoms in total. The van der Waals surface area contributed by atoms with Crippen molar-refractivity contribution in [2.24, 2.45) is 5.92 Å². The van der Waals surface area contributed by atoms with E-state index >= 15 is 0 Å². The molecule has 2 aliphatic rings. The third kappa shape index (κ3) is 5.01. The minimum Gasteiger partial charge on any atom is -0.497 e. The Hall–Kier alpha value is -2.08. The second-order valence-corrected chi connectivity index (χ2v) is 7.65. The zero-order valence-electron chi connectivity index (χ0n) is 16.4. The molecule has 0 bridgehead atoms. The van der Waals surface area contributed by atoms with Gasteiger partial charge in [-0.05, 0) is 55.7 Å². The number of nitrogens with zero attached hydrogens (tertiary/aromatic N) is 2. The molecule has 2 fully saturated rings. The molecule has 0 aromatic heterocycles. The Kier molecular flexibility index (Phi) is 6.72. The maximum Gasteiger partial charge on any atom is 0.325 e. The smallest absolute Gasteiger partial charge is 0.325 e. The van der Waals surface area contributed by atoms with E-state index in [2.05, 4.69) is 22.3 Å². The predicted molar refractivity (Wildman–Crippen MR) is 105 cm³/mol. The Bertz CT molecular complexity index is 639. The fraction of sp³-hybridized carbons (Fsp3) is 0.619. The first kappa shape index (κ1) is 19.7. The quantitative estimate of drug-likeness (QED) is 0.712. The van der Waals surface area contributed by atoms with Gasteiger partial charge < -0.3 is 10.1 Å². The van der Waals surface area contributed by atoms with Crippen molar-refractivity contribution >= 4 is 11.9 Å². The molecule has 1 atom stereocenters. The molecule has 2 heterocycles. The second kappa shape index (κ2) is 9.22. The van der Waals surface area contributed by atoms with Crippen LogP contribution in [-0.4, -0.2) is 54.6 Å². The highest BCUT2D eigenvalue weighted by Crippen LogP contribution is 2.24. The highest BCUT2D eigenvalue weighted by molar-refractivity contribution is 6.04. The average molecular weight is 373 g/mol. The molecule has 1 aromatic rings. The van der Waals surface area contributed by atoms with Gasteiger partial charge in [-0.25, -0.2) is 9.69 Å². The molecule has 0 radical (unpaired) electrons. The molecule has 6 heteroatoms. The molecule has 3 amide bonds. The normalized spacial score (nSPS) is 21.6. The van der Waals surface area contributed by atoms with Gasteiger partial charge in [-0.1, -0.05) is 25.5 Å². The van der Waals surface area contributed by atoms with Crippen LogP contribution in [0.3, 0.4) is 0 Å².